The Balaban J connectivity index is 2.64. The highest BCUT2D eigenvalue weighted by molar-refractivity contribution is 5.77. The summed E-state index contributed by atoms with van der Waals surface area (Å²) in [5, 5.41) is 5.54. The zero-order valence-electron chi connectivity index (χ0n) is 15.5. The maximum Gasteiger partial charge on any atom is 0.407 e. The van der Waals surface area contributed by atoms with E-state index in [1.54, 1.807) is 7.11 Å². The highest BCUT2D eigenvalue weighted by atomic mass is 16.5. The molecule has 0 aromatic heterocycles. The van der Waals surface area contributed by atoms with Crippen molar-refractivity contribution < 1.29 is 23.8 Å². The van der Waals surface area contributed by atoms with E-state index in [0.717, 1.165) is 11.3 Å². The number of hydrogen-bond donors (Lipinski definition) is 2. The fraction of sp³-hybridized carbons (Fsp3) is 0.474. The van der Waals surface area contributed by atoms with Gasteiger partial charge in [-0.1, -0.05) is 30.9 Å². The molecule has 0 aliphatic heterocycles. The molecule has 0 saturated heterocycles. The van der Waals surface area contributed by atoms with Gasteiger partial charge in [0.2, 0.25) is 5.91 Å². The summed E-state index contributed by atoms with van der Waals surface area (Å²) >= 11 is 0. The molecule has 2 N–H and O–H groups in total. The van der Waals surface area contributed by atoms with Gasteiger partial charge in [-0.15, -0.1) is 0 Å². The number of carbonyl (C=O) groups excluding carboxylic acids is 2. The highest BCUT2D eigenvalue weighted by Gasteiger charge is 2.16. The van der Waals surface area contributed by atoms with Crippen LogP contribution in [0.5, 0.6) is 5.75 Å². The van der Waals surface area contributed by atoms with E-state index in [1.807, 2.05) is 24.3 Å². The third-order valence-corrected chi connectivity index (χ3v) is 3.76. The molecule has 144 valence electrons. The summed E-state index contributed by atoms with van der Waals surface area (Å²) in [6, 6.07) is 7.75. The largest absolute Gasteiger partial charge is 0.496 e. The summed E-state index contributed by atoms with van der Waals surface area (Å²) < 4.78 is 15.1. The maximum absolute atomic E-state index is 11.5. The minimum absolute atomic E-state index is 0.0377. The molecule has 0 heterocycles. The number of amides is 2. The van der Waals surface area contributed by atoms with Crippen LogP contribution in [0.3, 0.4) is 0 Å². The number of alkyl carbamates (subject to hydrolysis) is 1. The third-order valence-electron chi connectivity index (χ3n) is 3.76. The van der Waals surface area contributed by atoms with Gasteiger partial charge < -0.3 is 24.8 Å². The minimum Gasteiger partial charge on any atom is -0.496 e. The van der Waals surface area contributed by atoms with E-state index in [9.17, 15) is 9.59 Å². The van der Waals surface area contributed by atoms with Gasteiger partial charge in [0.1, 0.15) is 19.0 Å². The van der Waals surface area contributed by atoms with Crippen LogP contribution in [0.4, 0.5) is 4.79 Å². The van der Waals surface area contributed by atoms with Crippen LogP contribution < -0.4 is 15.4 Å². The second kappa shape index (κ2) is 12.8. The van der Waals surface area contributed by atoms with E-state index in [2.05, 4.69) is 17.2 Å². The second-order valence-corrected chi connectivity index (χ2v) is 5.61. The van der Waals surface area contributed by atoms with Crippen molar-refractivity contribution in [3.63, 3.8) is 0 Å². The van der Waals surface area contributed by atoms with Gasteiger partial charge >= 0.3 is 6.09 Å². The summed E-state index contributed by atoms with van der Waals surface area (Å²) in [4.78, 5) is 23.1. The standard InChI is InChI=1S/C19H28N2O5/c1-4-13-26-19(23)21-12-10-15(9-11-20-18(22)14-24-2)16-7-5-6-8-17(16)25-3/h4-8,15H,1,9-14H2,2-3H3,(H,20,22)(H,21,23)/t15-/m1/s1. The molecule has 0 bridgehead atoms. The van der Waals surface area contributed by atoms with E-state index >= 15 is 0 Å². The van der Waals surface area contributed by atoms with Crippen molar-refractivity contribution in [3.05, 3.63) is 42.5 Å². The maximum atomic E-state index is 11.5. The zero-order chi connectivity index (χ0) is 19.2. The molecule has 0 aliphatic carbocycles. The Bertz CT molecular complexity index is 577. The number of hydrogen-bond acceptors (Lipinski definition) is 5. The van der Waals surface area contributed by atoms with Crippen LogP contribution in [0.1, 0.15) is 24.3 Å². The molecule has 0 unspecified atom stereocenters. The summed E-state index contributed by atoms with van der Waals surface area (Å²) in [7, 11) is 3.11. The van der Waals surface area contributed by atoms with Crippen molar-refractivity contribution in [3.8, 4) is 5.75 Å². The van der Waals surface area contributed by atoms with Crippen molar-refractivity contribution in [1.82, 2.24) is 10.6 Å². The number of para-hydroxylation sites is 1. The average molecular weight is 364 g/mol. The molecule has 1 rings (SSSR count). The Morgan fingerprint density at radius 3 is 2.50 bits per heavy atom. The molecule has 1 aromatic carbocycles. The lowest BCUT2D eigenvalue weighted by atomic mass is 9.91. The van der Waals surface area contributed by atoms with Crippen LogP contribution in [0, 0.1) is 0 Å². The van der Waals surface area contributed by atoms with Crippen molar-refractivity contribution in [2.75, 3.05) is 40.5 Å². The van der Waals surface area contributed by atoms with Gasteiger partial charge in [-0.25, -0.2) is 4.79 Å². The first-order valence-electron chi connectivity index (χ1n) is 8.52. The molecule has 7 nitrogen and oxygen atoms in total. The summed E-state index contributed by atoms with van der Waals surface area (Å²) in [6.45, 7) is 4.67. The predicted molar refractivity (Wildman–Crippen MR) is 99.4 cm³/mol. The van der Waals surface area contributed by atoms with E-state index < -0.39 is 6.09 Å². The van der Waals surface area contributed by atoms with Crippen molar-refractivity contribution in [2.24, 2.45) is 0 Å². The number of carbonyl (C=O) groups is 2. The molecule has 1 aromatic rings. The zero-order valence-corrected chi connectivity index (χ0v) is 15.5. The smallest absolute Gasteiger partial charge is 0.407 e. The van der Waals surface area contributed by atoms with Gasteiger partial charge in [0.05, 0.1) is 7.11 Å². The number of benzene rings is 1. The van der Waals surface area contributed by atoms with Crippen LogP contribution >= 0.6 is 0 Å². The van der Waals surface area contributed by atoms with Crippen LogP contribution in [0.15, 0.2) is 36.9 Å². The van der Waals surface area contributed by atoms with Gasteiger partial charge in [-0.3, -0.25) is 4.79 Å². The van der Waals surface area contributed by atoms with Crippen LogP contribution in [0.25, 0.3) is 0 Å². The van der Waals surface area contributed by atoms with E-state index in [0.29, 0.717) is 25.9 Å². The lowest BCUT2D eigenvalue weighted by molar-refractivity contribution is -0.124. The molecule has 1 atom stereocenters. The number of nitrogens with one attached hydrogen (secondary N) is 2. The van der Waals surface area contributed by atoms with Crippen molar-refractivity contribution in [2.45, 2.75) is 18.8 Å². The Morgan fingerprint density at radius 2 is 1.85 bits per heavy atom. The predicted octanol–water partition coefficient (Wildman–Crippen LogP) is 2.23. The number of methoxy groups -OCH3 is 2. The molecular weight excluding hydrogens is 336 g/mol. The van der Waals surface area contributed by atoms with Crippen LogP contribution in [-0.2, 0) is 14.3 Å². The SMILES string of the molecule is C=CCOC(=O)NCC[C@@H](CCNC(=O)COC)c1ccccc1OC. The quantitative estimate of drug-likeness (QED) is 0.556. The monoisotopic (exact) mass is 364 g/mol. The van der Waals surface area contributed by atoms with Gasteiger partial charge in [0.25, 0.3) is 0 Å². The molecule has 7 heteroatoms. The highest BCUT2D eigenvalue weighted by Crippen LogP contribution is 2.30. The molecule has 26 heavy (non-hydrogen) atoms. The minimum atomic E-state index is -0.475. The topological polar surface area (TPSA) is 85.9 Å². The Kier molecular flexibility index (Phi) is 10.6. The third kappa shape index (κ3) is 8.02. The van der Waals surface area contributed by atoms with Gasteiger partial charge in [0.15, 0.2) is 0 Å². The van der Waals surface area contributed by atoms with Gasteiger partial charge in [-0.05, 0) is 30.4 Å². The molecular formula is C19H28N2O5. The van der Waals surface area contributed by atoms with Gasteiger partial charge in [0, 0.05) is 20.2 Å². The first-order valence-corrected chi connectivity index (χ1v) is 8.52. The average Bonchev–Trinajstić information content (AvgIpc) is 2.65. The summed E-state index contributed by atoms with van der Waals surface area (Å²) in [5.74, 6) is 0.737. The van der Waals surface area contributed by atoms with Crippen molar-refractivity contribution >= 4 is 12.0 Å². The molecule has 2 amide bonds. The van der Waals surface area contributed by atoms with Crippen molar-refractivity contribution in [1.29, 1.82) is 0 Å². The first kappa shape index (κ1) is 21.5. The molecule has 0 aliphatic rings. The first-order chi connectivity index (χ1) is 12.6. The van der Waals surface area contributed by atoms with E-state index in [-0.39, 0.29) is 25.0 Å². The Morgan fingerprint density at radius 1 is 1.15 bits per heavy atom. The second-order valence-electron chi connectivity index (χ2n) is 5.61. The number of rotatable bonds is 12. The molecule has 0 saturated carbocycles. The Labute approximate surface area is 154 Å². The fourth-order valence-corrected chi connectivity index (χ4v) is 2.56. The van der Waals surface area contributed by atoms with Crippen LogP contribution in [-0.4, -0.2) is 52.5 Å². The fourth-order valence-electron chi connectivity index (χ4n) is 2.56. The van der Waals surface area contributed by atoms with E-state index in [4.69, 9.17) is 14.2 Å². The summed E-state index contributed by atoms with van der Waals surface area (Å²) in [6.07, 6.45) is 2.43. The molecule has 0 spiro atoms. The molecule has 0 radical (unpaired) electrons. The lowest BCUT2D eigenvalue weighted by Gasteiger charge is -2.20. The molecule has 0 fully saturated rings. The van der Waals surface area contributed by atoms with E-state index in [1.165, 1.54) is 13.2 Å². The normalized spacial score (nSPS) is 11.3. The van der Waals surface area contributed by atoms with Gasteiger partial charge in [-0.2, -0.15) is 0 Å². The summed E-state index contributed by atoms with van der Waals surface area (Å²) in [5.41, 5.74) is 1.04. The lowest BCUT2D eigenvalue weighted by Crippen LogP contribution is -2.30. The Hall–Kier alpha value is -2.54. The van der Waals surface area contributed by atoms with Crippen LogP contribution in [0.2, 0.25) is 0 Å². The number of ether oxygens (including phenoxy) is 3.